The van der Waals surface area contributed by atoms with E-state index in [2.05, 4.69) is 27.1 Å². The predicted octanol–water partition coefficient (Wildman–Crippen LogP) is 1.83. The first-order valence-electron chi connectivity index (χ1n) is 10.9. The van der Waals surface area contributed by atoms with Gasteiger partial charge in [-0.05, 0) is 43.5 Å². The van der Waals surface area contributed by atoms with E-state index in [1.807, 2.05) is 11.0 Å². The number of aliphatic hydroxyl groups excluding tert-OH is 1. The summed E-state index contributed by atoms with van der Waals surface area (Å²) in [5.41, 5.74) is 2.27. The van der Waals surface area contributed by atoms with E-state index in [-0.39, 0.29) is 18.6 Å². The molecule has 1 saturated heterocycles. The van der Waals surface area contributed by atoms with E-state index in [1.165, 1.54) is 24.7 Å². The first-order chi connectivity index (χ1) is 14.7. The minimum Gasteiger partial charge on any atom is -0.491 e. The number of piperidine rings is 1. The molecule has 1 amide bonds. The second-order valence-corrected chi connectivity index (χ2v) is 8.17. The summed E-state index contributed by atoms with van der Waals surface area (Å²) in [6, 6.07) is 6.55. The quantitative estimate of drug-likeness (QED) is 0.746. The van der Waals surface area contributed by atoms with Gasteiger partial charge in [-0.1, -0.05) is 12.5 Å². The lowest BCUT2D eigenvalue weighted by atomic mass is 10.0. The van der Waals surface area contributed by atoms with Crippen LogP contribution in [-0.2, 0) is 24.4 Å². The Morgan fingerprint density at radius 1 is 1.27 bits per heavy atom. The van der Waals surface area contributed by atoms with Crippen molar-refractivity contribution in [1.29, 1.82) is 0 Å². The molecule has 0 bridgehead atoms. The average Bonchev–Trinajstić information content (AvgIpc) is 3.19. The fourth-order valence-corrected chi connectivity index (χ4v) is 4.37. The number of rotatable bonds is 7. The molecule has 1 aromatic carbocycles. The normalized spacial score (nSPS) is 19.8. The Morgan fingerprint density at radius 3 is 3.03 bits per heavy atom. The number of nitrogens with zero attached hydrogens (tertiary/aromatic N) is 5. The van der Waals surface area contributed by atoms with Gasteiger partial charge in [-0.2, -0.15) is 5.10 Å². The van der Waals surface area contributed by atoms with E-state index in [0.29, 0.717) is 32.7 Å². The van der Waals surface area contributed by atoms with Gasteiger partial charge in [0.2, 0.25) is 5.91 Å². The number of carbonyl (C=O) groups excluding carboxylic acids is 1. The molecule has 8 nitrogen and oxygen atoms in total. The molecule has 0 saturated carbocycles. The van der Waals surface area contributed by atoms with Gasteiger partial charge in [0.05, 0.1) is 13.2 Å². The molecule has 162 valence electrons. The largest absolute Gasteiger partial charge is 0.491 e. The lowest BCUT2D eigenvalue weighted by molar-refractivity contribution is -0.132. The summed E-state index contributed by atoms with van der Waals surface area (Å²) in [4.78, 5) is 21.0. The number of benzene rings is 1. The summed E-state index contributed by atoms with van der Waals surface area (Å²) < 4.78 is 7.66. The Labute approximate surface area is 177 Å². The first kappa shape index (κ1) is 20.8. The zero-order valence-electron chi connectivity index (χ0n) is 17.4. The van der Waals surface area contributed by atoms with E-state index < -0.39 is 0 Å². The van der Waals surface area contributed by atoms with Gasteiger partial charge in [0.15, 0.2) is 0 Å². The molecule has 8 heteroatoms. The molecule has 0 aliphatic carbocycles. The van der Waals surface area contributed by atoms with Crippen molar-refractivity contribution in [3.05, 3.63) is 42.0 Å². The maximum atomic E-state index is 12.8. The van der Waals surface area contributed by atoms with Crippen LogP contribution in [0.2, 0.25) is 0 Å². The van der Waals surface area contributed by atoms with Crippen LogP contribution in [0.1, 0.15) is 43.2 Å². The molecule has 4 rings (SSSR count). The van der Waals surface area contributed by atoms with E-state index in [1.54, 1.807) is 11.0 Å². The fourth-order valence-electron chi connectivity index (χ4n) is 4.37. The van der Waals surface area contributed by atoms with E-state index in [9.17, 15) is 9.90 Å². The Morgan fingerprint density at radius 2 is 2.20 bits per heavy atom. The monoisotopic (exact) mass is 413 g/mol. The van der Waals surface area contributed by atoms with Crippen LogP contribution in [0.4, 0.5) is 0 Å². The third kappa shape index (κ3) is 5.17. The van der Waals surface area contributed by atoms with Gasteiger partial charge in [-0.25, -0.2) is 4.98 Å². The maximum Gasteiger partial charge on any atom is 0.223 e. The highest BCUT2D eigenvalue weighted by Crippen LogP contribution is 2.27. The summed E-state index contributed by atoms with van der Waals surface area (Å²) in [6.45, 7) is 4.45. The van der Waals surface area contributed by atoms with E-state index in [0.717, 1.165) is 37.2 Å². The Balaban J connectivity index is 1.37. The van der Waals surface area contributed by atoms with Gasteiger partial charge < -0.3 is 14.7 Å². The Kier molecular flexibility index (Phi) is 6.96. The Hall–Kier alpha value is -2.45. The fraction of sp³-hybridized carbons (Fsp3) is 0.591. The molecule has 0 radical (unpaired) electrons. The van der Waals surface area contributed by atoms with Crippen molar-refractivity contribution in [2.45, 2.75) is 57.8 Å². The number of hydrogen-bond donors (Lipinski definition) is 1. The van der Waals surface area contributed by atoms with Gasteiger partial charge in [0.1, 0.15) is 25.0 Å². The second-order valence-electron chi connectivity index (χ2n) is 8.17. The zero-order valence-corrected chi connectivity index (χ0v) is 17.4. The minimum absolute atomic E-state index is 0.147. The third-order valence-corrected chi connectivity index (χ3v) is 6.05. The number of ether oxygens (including phenoxy) is 1. The molecular formula is C22H31N5O3. The smallest absolute Gasteiger partial charge is 0.223 e. The molecule has 0 spiro atoms. The third-order valence-electron chi connectivity index (χ3n) is 6.05. The van der Waals surface area contributed by atoms with Crippen molar-refractivity contribution in [2.75, 3.05) is 26.3 Å². The van der Waals surface area contributed by atoms with Crippen LogP contribution >= 0.6 is 0 Å². The highest BCUT2D eigenvalue weighted by atomic mass is 16.5. The van der Waals surface area contributed by atoms with Crippen LogP contribution in [0.5, 0.6) is 5.75 Å². The topological polar surface area (TPSA) is 83.7 Å². The van der Waals surface area contributed by atoms with Crippen molar-refractivity contribution in [1.82, 2.24) is 24.6 Å². The van der Waals surface area contributed by atoms with Crippen molar-refractivity contribution >= 4 is 5.91 Å². The van der Waals surface area contributed by atoms with Crippen LogP contribution in [0.25, 0.3) is 0 Å². The number of hydrogen-bond acceptors (Lipinski definition) is 6. The molecule has 1 fully saturated rings. The van der Waals surface area contributed by atoms with Gasteiger partial charge >= 0.3 is 0 Å². The van der Waals surface area contributed by atoms with Crippen molar-refractivity contribution in [2.24, 2.45) is 0 Å². The van der Waals surface area contributed by atoms with Crippen LogP contribution in [0.3, 0.4) is 0 Å². The summed E-state index contributed by atoms with van der Waals surface area (Å²) in [5.74, 6) is 1.02. The summed E-state index contributed by atoms with van der Waals surface area (Å²) in [6.07, 6.45) is 7.84. The molecular weight excluding hydrogens is 382 g/mol. The standard InChI is InChI=1S/C22H31N5O3/c28-15-20-4-1-2-8-25(20)13-18-6-7-21-19(12-18)14-26(10-11-30-21)22(29)5-3-9-27-17-23-16-24-27/h6-7,12,16-17,20,28H,1-5,8-11,13-15H2. The summed E-state index contributed by atoms with van der Waals surface area (Å²) in [5, 5.41) is 13.8. The van der Waals surface area contributed by atoms with Crippen LogP contribution in [-0.4, -0.2) is 67.9 Å². The number of aryl methyl sites for hydroxylation is 1. The molecule has 3 heterocycles. The van der Waals surface area contributed by atoms with Crippen molar-refractivity contribution in [3.8, 4) is 5.75 Å². The van der Waals surface area contributed by atoms with Gasteiger partial charge in [0, 0.05) is 37.7 Å². The minimum atomic E-state index is 0.147. The molecule has 1 unspecified atom stereocenters. The summed E-state index contributed by atoms with van der Waals surface area (Å²) in [7, 11) is 0. The number of likely N-dealkylation sites (tertiary alicyclic amines) is 1. The van der Waals surface area contributed by atoms with Crippen LogP contribution < -0.4 is 4.74 Å². The highest BCUT2D eigenvalue weighted by molar-refractivity contribution is 5.76. The van der Waals surface area contributed by atoms with Crippen LogP contribution in [0, 0.1) is 0 Å². The number of amides is 1. The second kappa shape index (κ2) is 10.0. The molecule has 30 heavy (non-hydrogen) atoms. The zero-order chi connectivity index (χ0) is 20.8. The van der Waals surface area contributed by atoms with Crippen molar-refractivity contribution < 1.29 is 14.6 Å². The lowest BCUT2D eigenvalue weighted by Crippen LogP contribution is -2.41. The maximum absolute atomic E-state index is 12.8. The number of aliphatic hydroxyl groups is 1. The molecule has 1 aromatic heterocycles. The van der Waals surface area contributed by atoms with E-state index >= 15 is 0 Å². The summed E-state index contributed by atoms with van der Waals surface area (Å²) >= 11 is 0. The molecule has 2 aromatic rings. The molecule has 2 aliphatic heterocycles. The van der Waals surface area contributed by atoms with E-state index in [4.69, 9.17) is 4.74 Å². The van der Waals surface area contributed by atoms with Gasteiger partial charge in [0.25, 0.3) is 0 Å². The number of fused-ring (bicyclic) bond motifs is 1. The van der Waals surface area contributed by atoms with Gasteiger partial charge in [-0.3, -0.25) is 14.4 Å². The molecule has 1 N–H and O–H groups in total. The van der Waals surface area contributed by atoms with Crippen molar-refractivity contribution in [3.63, 3.8) is 0 Å². The molecule has 1 atom stereocenters. The van der Waals surface area contributed by atoms with Gasteiger partial charge in [-0.15, -0.1) is 0 Å². The number of aromatic nitrogens is 3. The molecule has 2 aliphatic rings. The predicted molar refractivity (Wildman–Crippen MR) is 112 cm³/mol. The lowest BCUT2D eigenvalue weighted by Gasteiger charge is -2.34. The highest BCUT2D eigenvalue weighted by Gasteiger charge is 2.23. The first-order valence-corrected chi connectivity index (χ1v) is 10.9. The average molecular weight is 414 g/mol. The number of carbonyl (C=O) groups is 1. The van der Waals surface area contributed by atoms with Crippen LogP contribution in [0.15, 0.2) is 30.9 Å². The SMILES string of the molecule is O=C(CCCn1cncn1)N1CCOc2ccc(CN3CCCCC3CO)cc2C1. The Bertz CT molecular complexity index is 826.